The summed E-state index contributed by atoms with van der Waals surface area (Å²) in [7, 11) is -1.17. The van der Waals surface area contributed by atoms with E-state index in [2.05, 4.69) is 48.5 Å². The Morgan fingerprint density at radius 3 is 2.00 bits per heavy atom. The van der Waals surface area contributed by atoms with Gasteiger partial charge in [-0.15, -0.1) is 0 Å². The van der Waals surface area contributed by atoms with Gasteiger partial charge >= 0.3 is 0 Å². The highest BCUT2D eigenvalue weighted by atomic mass is 31.1. The van der Waals surface area contributed by atoms with Crippen molar-refractivity contribution in [3.05, 3.63) is 71.8 Å². The van der Waals surface area contributed by atoms with Crippen LogP contribution in [-0.2, 0) is 9.94 Å². The summed E-state index contributed by atoms with van der Waals surface area (Å²) in [4.78, 5) is 11.1. The van der Waals surface area contributed by atoms with E-state index >= 15 is 0 Å². The molecule has 1 aliphatic carbocycles. The van der Waals surface area contributed by atoms with E-state index in [1.54, 1.807) is 0 Å². The van der Waals surface area contributed by atoms with Crippen molar-refractivity contribution in [1.29, 1.82) is 0 Å². The number of hydrogen-bond acceptors (Lipinski definition) is 2. The molecule has 2 unspecified atom stereocenters. The molecule has 0 saturated heterocycles. The van der Waals surface area contributed by atoms with Crippen LogP contribution in [0.1, 0.15) is 30.4 Å². The summed E-state index contributed by atoms with van der Waals surface area (Å²) in [5.74, 6) is 0. The van der Waals surface area contributed by atoms with Gasteiger partial charge in [0, 0.05) is 0 Å². The zero-order chi connectivity index (χ0) is 13.8. The Kier molecular flexibility index (Phi) is 4.16. The summed E-state index contributed by atoms with van der Waals surface area (Å²) < 4.78 is 5.66. The average Bonchev–Trinajstić information content (AvgIpc) is 2.94. The van der Waals surface area contributed by atoms with Crippen molar-refractivity contribution in [2.75, 3.05) is 0 Å². The summed E-state index contributed by atoms with van der Waals surface area (Å²) in [6.45, 7) is 0. The first-order valence-corrected chi connectivity index (χ1v) is 8.02. The summed E-state index contributed by atoms with van der Waals surface area (Å²) in [6.07, 6.45) is 3.14. The van der Waals surface area contributed by atoms with Gasteiger partial charge in [-0.2, -0.15) is 0 Å². The predicted molar refractivity (Wildman–Crippen MR) is 82.1 cm³/mol. The first-order chi connectivity index (χ1) is 9.88. The van der Waals surface area contributed by atoms with E-state index in [4.69, 9.17) is 4.52 Å². The van der Waals surface area contributed by atoms with Gasteiger partial charge in [-0.05, 0) is 30.4 Å². The van der Waals surface area contributed by atoms with Crippen molar-refractivity contribution >= 4 is 9.03 Å². The molecule has 20 heavy (non-hydrogen) atoms. The lowest BCUT2D eigenvalue weighted by Crippen LogP contribution is -2.37. The second-order valence-corrected chi connectivity index (χ2v) is 5.78. The Hall–Kier alpha value is -1.21. The zero-order valence-electron chi connectivity index (χ0n) is 11.4. The molecule has 0 spiro atoms. The average molecular weight is 286 g/mol. The molecule has 0 aliphatic heterocycles. The second kappa shape index (κ2) is 6.05. The summed E-state index contributed by atoms with van der Waals surface area (Å²) in [5.41, 5.74) is 2.38. The van der Waals surface area contributed by atoms with Gasteiger partial charge in [-0.3, -0.25) is 0 Å². The van der Waals surface area contributed by atoms with Crippen LogP contribution in [0.25, 0.3) is 0 Å². The van der Waals surface area contributed by atoms with Crippen LogP contribution in [0.5, 0.6) is 0 Å². The SMILES string of the molecule is [O-][PH2+]OC1CCCC1(c1ccccc1)c1ccccc1. The maximum atomic E-state index is 11.1. The van der Waals surface area contributed by atoms with E-state index in [0.717, 1.165) is 19.3 Å². The normalized spacial score (nSPS) is 21.6. The minimum Gasteiger partial charge on any atom is -0.659 e. The van der Waals surface area contributed by atoms with Crippen molar-refractivity contribution in [2.24, 2.45) is 0 Å². The van der Waals surface area contributed by atoms with Crippen molar-refractivity contribution in [2.45, 2.75) is 30.8 Å². The van der Waals surface area contributed by atoms with Crippen LogP contribution in [0.2, 0.25) is 0 Å². The lowest BCUT2D eigenvalue weighted by molar-refractivity contribution is -0.173. The molecule has 1 saturated carbocycles. The summed E-state index contributed by atoms with van der Waals surface area (Å²) in [6, 6.07) is 21.0. The fraction of sp³-hybridized carbons (Fsp3) is 0.294. The van der Waals surface area contributed by atoms with E-state index in [9.17, 15) is 4.89 Å². The molecule has 2 nitrogen and oxygen atoms in total. The van der Waals surface area contributed by atoms with E-state index < -0.39 is 9.03 Å². The Bertz CT molecular complexity index is 502. The molecule has 1 fully saturated rings. The number of hydrogen-bond donors (Lipinski definition) is 0. The molecule has 2 atom stereocenters. The van der Waals surface area contributed by atoms with Crippen LogP contribution in [0.15, 0.2) is 60.7 Å². The molecule has 0 amide bonds. The van der Waals surface area contributed by atoms with Gasteiger partial charge in [0.05, 0.1) is 14.4 Å². The molecule has 3 heteroatoms. The standard InChI is InChI=1S/C17H19O2P/c18-20-19-16-12-7-13-17(16,14-8-3-1-4-9-14)15-10-5-2-6-11-15/h1-6,8-11,16H,7,12-13,20H2. The van der Waals surface area contributed by atoms with E-state index in [0.29, 0.717) is 0 Å². The van der Waals surface area contributed by atoms with Crippen LogP contribution in [0, 0.1) is 0 Å². The van der Waals surface area contributed by atoms with Gasteiger partial charge in [0.2, 0.25) is 0 Å². The maximum absolute atomic E-state index is 11.1. The summed E-state index contributed by atoms with van der Waals surface area (Å²) >= 11 is 0. The number of benzene rings is 2. The van der Waals surface area contributed by atoms with Gasteiger partial charge in [0.1, 0.15) is 6.10 Å². The molecule has 1 aliphatic rings. The van der Waals surface area contributed by atoms with Gasteiger partial charge in [0.15, 0.2) is 0 Å². The first-order valence-electron chi connectivity index (χ1n) is 7.08. The maximum Gasteiger partial charge on any atom is 0.114 e. The first kappa shape index (κ1) is 13.8. The van der Waals surface area contributed by atoms with Gasteiger partial charge in [-0.1, -0.05) is 60.7 Å². The lowest BCUT2D eigenvalue weighted by atomic mass is 9.71. The fourth-order valence-corrected chi connectivity index (χ4v) is 4.03. The molecule has 104 valence electrons. The minimum absolute atomic E-state index is 0.0137. The highest BCUT2D eigenvalue weighted by Crippen LogP contribution is 2.48. The van der Waals surface area contributed by atoms with Gasteiger partial charge < -0.3 is 4.89 Å². The smallest absolute Gasteiger partial charge is 0.114 e. The van der Waals surface area contributed by atoms with E-state index in [-0.39, 0.29) is 11.5 Å². The summed E-state index contributed by atoms with van der Waals surface area (Å²) in [5, 5.41) is 0. The molecule has 2 aromatic rings. The van der Waals surface area contributed by atoms with Crippen molar-refractivity contribution in [3.63, 3.8) is 0 Å². The van der Waals surface area contributed by atoms with Crippen molar-refractivity contribution in [1.82, 2.24) is 0 Å². The molecule has 3 rings (SSSR count). The Morgan fingerprint density at radius 1 is 0.950 bits per heavy atom. The lowest BCUT2D eigenvalue weighted by Gasteiger charge is -2.35. The number of rotatable bonds is 4. The van der Waals surface area contributed by atoms with E-state index in [1.807, 2.05) is 12.1 Å². The topological polar surface area (TPSA) is 32.3 Å². The third kappa shape index (κ3) is 2.29. The highest BCUT2D eigenvalue weighted by Gasteiger charge is 2.47. The second-order valence-electron chi connectivity index (χ2n) is 5.32. The molecule has 2 aromatic carbocycles. The third-order valence-corrected chi connectivity index (χ3v) is 4.82. The van der Waals surface area contributed by atoms with Crippen molar-refractivity contribution in [3.8, 4) is 0 Å². The fourth-order valence-electron chi connectivity index (χ4n) is 3.52. The Balaban J connectivity index is 2.13. The van der Waals surface area contributed by atoms with E-state index in [1.165, 1.54) is 11.1 Å². The largest absolute Gasteiger partial charge is 0.659 e. The quantitative estimate of drug-likeness (QED) is 0.809. The van der Waals surface area contributed by atoms with Crippen molar-refractivity contribution < 1.29 is 9.42 Å². The Morgan fingerprint density at radius 2 is 1.50 bits per heavy atom. The van der Waals surface area contributed by atoms with Crippen LogP contribution in [-0.4, -0.2) is 6.10 Å². The monoisotopic (exact) mass is 286 g/mol. The van der Waals surface area contributed by atoms with Crippen LogP contribution >= 0.6 is 9.03 Å². The molecule has 0 radical (unpaired) electrons. The van der Waals surface area contributed by atoms with Gasteiger partial charge in [0.25, 0.3) is 0 Å². The highest BCUT2D eigenvalue weighted by molar-refractivity contribution is 7.23. The van der Waals surface area contributed by atoms with Crippen LogP contribution in [0.3, 0.4) is 0 Å². The zero-order valence-corrected chi connectivity index (χ0v) is 12.5. The molecular formula is C17H19O2P. The van der Waals surface area contributed by atoms with Gasteiger partial charge in [-0.25, -0.2) is 4.52 Å². The molecule has 0 bridgehead atoms. The Labute approximate surface area is 121 Å². The van der Waals surface area contributed by atoms with Crippen LogP contribution < -0.4 is 4.89 Å². The molecule has 0 aromatic heterocycles. The molecule has 0 N–H and O–H groups in total. The minimum atomic E-state index is -1.17. The molecular weight excluding hydrogens is 267 g/mol. The third-order valence-electron chi connectivity index (χ3n) is 4.38. The molecule has 0 heterocycles. The van der Waals surface area contributed by atoms with Crippen LogP contribution in [0.4, 0.5) is 0 Å². The predicted octanol–water partition coefficient (Wildman–Crippen LogP) is 3.14.